The molecule has 1 aliphatic heterocycles. The van der Waals surface area contributed by atoms with Crippen LogP contribution in [0.3, 0.4) is 0 Å². The molecule has 9 nitrogen and oxygen atoms in total. The van der Waals surface area contributed by atoms with Gasteiger partial charge in [0.2, 0.25) is 11.8 Å². The zero-order chi connectivity index (χ0) is 19.2. The van der Waals surface area contributed by atoms with E-state index in [1.807, 2.05) is 0 Å². The van der Waals surface area contributed by atoms with Crippen molar-refractivity contribution in [3.63, 3.8) is 0 Å². The topological polar surface area (TPSA) is 135 Å². The molecule has 1 unspecified atom stereocenters. The quantitative estimate of drug-likeness (QED) is 0.399. The van der Waals surface area contributed by atoms with Gasteiger partial charge in [0.25, 0.3) is 5.69 Å². The number of nitro benzene ring substituents is 1. The van der Waals surface area contributed by atoms with Gasteiger partial charge in [-0.2, -0.15) is 0 Å². The van der Waals surface area contributed by atoms with E-state index in [-0.39, 0.29) is 42.1 Å². The molecular weight excluding hydrogens is 362 g/mol. The summed E-state index contributed by atoms with van der Waals surface area (Å²) in [5, 5.41) is 15.7. The number of hydrogen-bond acceptors (Lipinski definition) is 6. The number of benzene rings is 1. The first-order valence-electron chi connectivity index (χ1n) is 7.95. The number of carbonyl (C=O) groups is 2. The Balaban J connectivity index is 1.69. The van der Waals surface area contributed by atoms with Gasteiger partial charge in [-0.3, -0.25) is 19.7 Å². The average Bonchev–Trinajstić information content (AvgIpc) is 2.91. The van der Waals surface area contributed by atoms with E-state index in [2.05, 4.69) is 10.6 Å². The summed E-state index contributed by atoms with van der Waals surface area (Å²) in [4.78, 5) is 33.5. The van der Waals surface area contributed by atoms with Gasteiger partial charge in [0.15, 0.2) is 9.84 Å². The Morgan fingerprint density at radius 1 is 1.27 bits per heavy atom. The lowest BCUT2D eigenvalue weighted by Crippen LogP contribution is -2.37. The number of nitrogens with zero attached hydrogens (tertiary/aromatic N) is 1. The van der Waals surface area contributed by atoms with Crippen molar-refractivity contribution in [2.45, 2.75) is 18.9 Å². The highest BCUT2D eigenvalue weighted by atomic mass is 32.2. The van der Waals surface area contributed by atoms with Crippen LogP contribution in [-0.4, -0.2) is 49.2 Å². The molecule has 2 rings (SSSR count). The number of amides is 2. The first kappa shape index (κ1) is 19.6. The van der Waals surface area contributed by atoms with Crippen LogP contribution < -0.4 is 10.6 Å². The molecule has 0 saturated carbocycles. The Kier molecular flexibility index (Phi) is 6.45. The fraction of sp³-hybridized carbons (Fsp3) is 0.375. The monoisotopic (exact) mass is 381 g/mol. The highest BCUT2D eigenvalue weighted by Crippen LogP contribution is 2.13. The summed E-state index contributed by atoms with van der Waals surface area (Å²) >= 11 is 0. The lowest BCUT2D eigenvalue weighted by molar-refractivity contribution is -0.384. The predicted octanol–water partition coefficient (Wildman–Crippen LogP) is 0.418. The van der Waals surface area contributed by atoms with Crippen LogP contribution in [0.2, 0.25) is 0 Å². The maximum Gasteiger partial charge on any atom is 0.269 e. The van der Waals surface area contributed by atoms with Gasteiger partial charge in [0.1, 0.15) is 0 Å². The van der Waals surface area contributed by atoms with E-state index in [9.17, 15) is 28.1 Å². The molecule has 1 heterocycles. The minimum Gasteiger partial charge on any atom is -0.352 e. The predicted molar refractivity (Wildman–Crippen MR) is 95.0 cm³/mol. The number of carbonyl (C=O) groups excluding carboxylic acids is 2. The van der Waals surface area contributed by atoms with Crippen molar-refractivity contribution in [2.75, 3.05) is 18.1 Å². The Morgan fingerprint density at radius 2 is 1.96 bits per heavy atom. The molecule has 1 fully saturated rings. The summed E-state index contributed by atoms with van der Waals surface area (Å²) in [7, 11) is -3.05. The molecule has 140 valence electrons. The third-order valence-electron chi connectivity index (χ3n) is 3.78. The van der Waals surface area contributed by atoms with Crippen LogP contribution in [0, 0.1) is 10.1 Å². The lowest BCUT2D eigenvalue weighted by Gasteiger charge is -2.10. The van der Waals surface area contributed by atoms with Crippen LogP contribution in [0.4, 0.5) is 5.69 Å². The van der Waals surface area contributed by atoms with Crippen molar-refractivity contribution in [2.24, 2.45) is 0 Å². The van der Waals surface area contributed by atoms with Crippen molar-refractivity contribution < 1.29 is 22.9 Å². The molecule has 0 radical (unpaired) electrons. The molecule has 1 aromatic rings. The van der Waals surface area contributed by atoms with Gasteiger partial charge in [0, 0.05) is 37.2 Å². The van der Waals surface area contributed by atoms with Crippen LogP contribution in [0.15, 0.2) is 30.3 Å². The summed E-state index contributed by atoms with van der Waals surface area (Å²) in [6, 6.07) is 5.36. The molecule has 0 bridgehead atoms. The third kappa shape index (κ3) is 6.28. The van der Waals surface area contributed by atoms with Gasteiger partial charge < -0.3 is 10.6 Å². The number of sulfone groups is 1. The second kappa shape index (κ2) is 8.56. The smallest absolute Gasteiger partial charge is 0.269 e. The fourth-order valence-electron chi connectivity index (χ4n) is 2.45. The first-order chi connectivity index (χ1) is 12.2. The largest absolute Gasteiger partial charge is 0.352 e. The lowest BCUT2D eigenvalue weighted by atomic mass is 10.2. The summed E-state index contributed by atoms with van der Waals surface area (Å²) in [5.74, 6) is -0.670. The SMILES string of the molecule is O=C(/C=C/c1ccc([N+](=O)[O-])cc1)NCCC(=O)NC1CCS(=O)(=O)C1. The van der Waals surface area contributed by atoms with Crippen molar-refractivity contribution in [1.29, 1.82) is 0 Å². The number of rotatable bonds is 7. The highest BCUT2D eigenvalue weighted by molar-refractivity contribution is 7.91. The maximum atomic E-state index is 11.7. The van der Waals surface area contributed by atoms with Gasteiger partial charge >= 0.3 is 0 Å². The molecule has 10 heteroatoms. The van der Waals surface area contributed by atoms with E-state index in [4.69, 9.17) is 0 Å². The molecule has 1 aromatic carbocycles. The summed E-state index contributed by atoms with van der Waals surface area (Å²) in [6.07, 6.45) is 3.23. The molecule has 0 aliphatic carbocycles. The van der Waals surface area contributed by atoms with Gasteiger partial charge in [-0.25, -0.2) is 8.42 Å². The maximum absolute atomic E-state index is 11.7. The summed E-state index contributed by atoms with van der Waals surface area (Å²) in [6.45, 7) is 0.120. The van der Waals surface area contributed by atoms with Crippen LogP contribution >= 0.6 is 0 Å². The van der Waals surface area contributed by atoms with E-state index in [1.54, 1.807) is 0 Å². The van der Waals surface area contributed by atoms with E-state index < -0.39 is 20.7 Å². The number of nitrogens with one attached hydrogen (secondary N) is 2. The van der Waals surface area contributed by atoms with Gasteiger partial charge in [0.05, 0.1) is 16.4 Å². The Morgan fingerprint density at radius 3 is 2.54 bits per heavy atom. The van der Waals surface area contributed by atoms with Crippen molar-refractivity contribution in [3.8, 4) is 0 Å². The molecule has 2 N–H and O–H groups in total. The zero-order valence-corrected chi connectivity index (χ0v) is 14.7. The van der Waals surface area contributed by atoms with Crippen LogP contribution in [-0.2, 0) is 19.4 Å². The van der Waals surface area contributed by atoms with E-state index >= 15 is 0 Å². The van der Waals surface area contributed by atoms with E-state index in [0.29, 0.717) is 12.0 Å². The molecule has 1 atom stereocenters. The minimum absolute atomic E-state index is 0.0346. The highest BCUT2D eigenvalue weighted by Gasteiger charge is 2.28. The molecule has 26 heavy (non-hydrogen) atoms. The second-order valence-corrected chi connectivity index (χ2v) is 8.12. The summed E-state index contributed by atoms with van der Waals surface area (Å²) in [5.41, 5.74) is 0.596. The van der Waals surface area contributed by atoms with Gasteiger partial charge in [-0.15, -0.1) is 0 Å². The Bertz CT molecular complexity index is 817. The van der Waals surface area contributed by atoms with Gasteiger partial charge in [-0.1, -0.05) is 0 Å². The van der Waals surface area contributed by atoms with E-state index in [0.717, 1.165) is 0 Å². The molecular formula is C16H19N3O6S. The van der Waals surface area contributed by atoms with Crippen LogP contribution in [0.5, 0.6) is 0 Å². The standard InChI is InChI=1S/C16H19N3O6S/c20-15(6-3-12-1-4-14(5-2-12)19(22)23)17-9-7-16(21)18-13-8-10-26(24,25)11-13/h1-6,13H,7-11H2,(H,17,20)(H,18,21)/b6-3+. The fourth-order valence-corrected chi connectivity index (χ4v) is 4.12. The van der Waals surface area contributed by atoms with Crippen molar-refractivity contribution in [1.82, 2.24) is 10.6 Å². The molecule has 0 aromatic heterocycles. The third-order valence-corrected chi connectivity index (χ3v) is 5.55. The van der Waals surface area contributed by atoms with Crippen molar-refractivity contribution in [3.05, 3.63) is 46.0 Å². The molecule has 1 aliphatic rings. The van der Waals surface area contributed by atoms with Gasteiger partial charge in [-0.05, 0) is 30.2 Å². The number of hydrogen-bond donors (Lipinski definition) is 2. The first-order valence-corrected chi connectivity index (χ1v) is 9.77. The Hall–Kier alpha value is -2.75. The second-order valence-electron chi connectivity index (χ2n) is 5.89. The van der Waals surface area contributed by atoms with Crippen LogP contribution in [0.1, 0.15) is 18.4 Å². The zero-order valence-electron chi connectivity index (χ0n) is 13.9. The minimum atomic E-state index is -3.05. The summed E-state index contributed by atoms with van der Waals surface area (Å²) < 4.78 is 22.6. The molecule has 0 spiro atoms. The average molecular weight is 381 g/mol. The van der Waals surface area contributed by atoms with E-state index in [1.165, 1.54) is 36.4 Å². The molecule has 2 amide bonds. The normalized spacial score (nSPS) is 18.5. The number of non-ortho nitro benzene ring substituents is 1. The van der Waals surface area contributed by atoms with Crippen LogP contribution in [0.25, 0.3) is 6.08 Å². The Labute approximate surface area is 150 Å². The van der Waals surface area contributed by atoms with Crippen molar-refractivity contribution >= 4 is 33.4 Å². The molecule has 1 saturated heterocycles. The number of nitro groups is 1.